The molecule has 1 aliphatic heterocycles. The lowest BCUT2D eigenvalue weighted by Crippen LogP contribution is -2.27. The summed E-state index contributed by atoms with van der Waals surface area (Å²) >= 11 is 0. The summed E-state index contributed by atoms with van der Waals surface area (Å²) in [6.07, 6.45) is 0.286. The number of likely N-dealkylation sites (N-methyl/N-ethyl adjacent to an activating group) is 1. The van der Waals surface area contributed by atoms with Crippen molar-refractivity contribution in [2.45, 2.75) is 13.0 Å². The number of nitrogens with zero attached hydrogens (tertiary/aromatic N) is 1. The molecule has 0 atom stereocenters. The van der Waals surface area contributed by atoms with Crippen LogP contribution in [-0.2, 0) is 17.8 Å². The largest absolute Gasteiger partial charge is 0.486 e. The number of carbonyl (C=O) groups excluding carboxylic acids is 1. The van der Waals surface area contributed by atoms with Gasteiger partial charge in [-0.15, -0.1) is 0 Å². The minimum absolute atomic E-state index is 0.00833. The zero-order valence-corrected chi connectivity index (χ0v) is 12.9. The third kappa shape index (κ3) is 3.80. The molecule has 23 heavy (non-hydrogen) atoms. The summed E-state index contributed by atoms with van der Waals surface area (Å²) < 4.78 is 23.9. The van der Waals surface area contributed by atoms with Crippen LogP contribution in [0.5, 0.6) is 11.5 Å². The standard InChI is InChI=1S/C18H18FNO3/c1-20(12-13-2-5-15(19)6-3-13)18(21)11-14-4-7-16-17(10-14)23-9-8-22-16/h2-7,10H,8-9,11-12H2,1H3. The van der Waals surface area contributed by atoms with Crippen molar-refractivity contribution >= 4 is 5.91 Å². The van der Waals surface area contributed by atoms with E-state index < -0.39 is 0 Å². The summed E-state index contributed by atoms with van der Waals surface area (Å²) in [5.74, 6) is 1.11. The summed E-state index contributed by atoms with van der Waals surface area (Å²) in [5.41, 5.74) is 1.77. The van der Waals surface area contributed by atoms with Crippen molar-refractivity contribution in [1.29, 1.82) is 0 Å². The fraction of sp³-hybridized carbons (Fsp3) is 0.278. The normalized spacial score (nSPS) is 12.8. The zero-order chi connectivity index (χ0) is 16.2. The molecule has 5 heteroatoms. The van der Waals surface area contributed by atoms with E-state index in [9.17, 15) is 9.18 Å². The second-order valence-electron chi connectivity index (χ2n) is 5.53. The first-order valence-electron chi connectivity index (χ1n) is 7.49. The predicted molar refractivity (Wildman–Crippen MR) is 84.0 cm³/mol. The molecule has 2 aromatic carbocycles. The molecular formula is C18H18FNO3. The molecule has 0 aromatic heterocycles. The summed E-state index contributed by atoms with van der Waals surface area (Å²) in [6, 6.07) is 11.7. The first-order valence-corrected chi connectivity index (χ1v) is 7.49. The Bertz CT molecular complexity index is 700. The molecule has 0 saturated heterocycles. The molecule has 0 aliphatic carbocycles. The highest BCUT2D eigenvalue weighted by molar-refractivity contribution is 5.78. The molecule has 120 valence electrons. The molecule has 3 rings (SSSR count). The Hall–Kier alpha value is -2.56. The maximum Gasteiger partial charge on any atom is 0.227 e. The second kappa shape index (κ2) is 6.69. The van der Waals surface area contributed by atoms with Gasteiger partial charge in [0.2, 0.25) is 5.91 Å². The fourth-order valence-electron chi connectivity index (χ4n) is 2.46. The Kier molecular flexibility index (Phi) is 4.46. The van der Waals surface area contributed by atoms with Crippen LogP contribution in [0.2, 0.25) is 0 Å². The summed E-state index contributed by atoms with van der Waals surface area (Å²) in [4.78, 5) is 14.0. The smallest absolute Gasteiger partial charge is 0.227 e. The first-order chi connectivity index (χ1) is 11.1. The number of rotatable bonds is 4. The van der Waals surface area contributed by atoms with Crippen LogP contribution >= 0.6 is 0 Å². The Labute approximate surface area is 134 Å². The summed E-state index contributed by atoms with van der Waals surface area (Å²) in [7, 11) is 1.74. The quantitative estimate of drug-likeness (QED) is 0.871. The number of amides is 1. The number of carbonyl (C=O) groups is 1. The maximum absolute atomic E-state index is 12.9. The minimum atomic E-state index is -0.279. The number of benzene rings is 2. The number of ether oxygens (including phenoxy) is 2. The molecule has 1 amide bonds. The van der Waals surface area contributed by atoms with Gasteiger partial charge in [0.15, 0.2) is 11.5 Å². The average Bonchev–Trinajstić information content (AvgIpc) is 2.56. The van der Waals surface area contributed by atoms with Gasteiger partial charge in [-0.1, -0.05) is 18.2 Å². The molecular weight excluding hydrogens is 297 g/mol. The van der Waals surface area contributed by atoms with Crippen molar-refractivity contribution < 1.29 is 18.7 Å². The summed E-state index contributed by atoms with van der Waals surface area (Å²) in [5, 5.41) is 0. The van der Waals surface area contributed by atoms with Crippen molar-refractivity contribution in [3.05, 3.63) is 59.4 Å². The molecule has 1 aliphatic rings. The summed E-state index contributed by atoms with van der Waals surface area (Å²) in [6.45, 7) is 1.52. The number of halogens is 1. The van der Waals surface area contributed by atoms with Gasteiger partial charge >= 0.3 is 0 Å². The van der Waals surface area contributed by atoms with Gasteiger partial charge in [-0.2, -0.15) is 0 Å². The highest BCUT2D eigenvalue weighted by atomic mass is 19.1. The van der Waals surface area contributed by atoms with Crippen LogP contribution < -0.4 is 9.47 Å². The van der Waals surface area contributed by atoms with Gasteiger partial charge < -0.3 is 14.4 Å². The van der Waals surface area contributed by atoms with Crippen LogP contribution in [0.25, 0.3) is 0 Å². The van der Waals surface area contributed by atoms with E-state index >= 15 is 0 Å². The van der Waals surface area contributed by atoms with E-state index in [0.29, 0.717) is 31.3 Å². The van der Waals surface area contributed by atoms with Crippen LogP contribution in [0.3, 0.4) is 0 Å². The van der Waals surface area contributed by atoms with Crippen LogP contribution in [0.15, 0.2) is 42.5 Å². The number of hydrogen-bond acceptors (Lipinski definition) is 3. The highest BCUT2D eigenvalue weighted by Gasteiger charge is 2.15. The predicted octanol–water partition coefficient (Wildman–Crippen LogP) is 2.80. The van der Waals surface area contributed by atoms with Crippen molar-refractivity contribution in [1.82, 2.24) is 4.90 Å². The molecule has 0 N–H and O–H groups in total. The Morgan fingerprint density at radius 1 is 1.04 bits per heavy atom. The van der Waals surface area contributed by atoms with E-state index in [4.69, 9.17) is 9.47 Å². The zero-order valence-electron chi connectivity index (χ0n) is 12.9. The van der Waals surface area contributed by atoms with Gasteiger partial charge in [0.25, 0.3) is 0 Å². The highest BCUT2D eigenvalue weighted by Crippen LogP contribution is 2.30. The second-order valence-corrected chi connectivity index (χ2v) is 5.53. The Balaban J connectivity index is 1.63. The SMILES string of the molecule is CN(Cc1ccc(F)cc1)C(=O)Cc1ccc2c(c1)OCCO2. The lowest BCUT2D eigenvalue weighted by Gasteiger charge is -2.20. The van der Waals surface area contributed by atoms with E-state index in [1.807, 2.05) is 18.2 Å². The molecule has 1 heterocycles. The molecule has 4 nitrogen and oxygen atoms in total. The monoisotopic (exact) mass is 315 g/mol. The third-order valence-corrected chi connectivity index (χ3v) is 3.72. The van der Waals surface area contributed by atoms with Crippen LogP contribution in [-0.4, -0.2) is 31.1 Å². The van der Waals surface area contributed by atoms with E-state index in [2.05, 4.69) is 0 Å². The molecule has 2 aromatic rings. The van der Waals surface area contributed by atoms with Crippen molar-refractivity contribution in [2.75, 3.05) is 20.3 Å². The van der Waals surface area contributed by atoms with E-state index in [-0.39, 0.29) is 18.1 Å². The van der Waals surface area contributed by atoms with E-state index in [1.165, 1.54) is 12.1 Å². The molecule has 0 bridgehead atoms. The molecule has 0 saturated carbocycles. The van der Waals surface area contributed by atoms with Crippen LogP contribution in [0.4, 0.5) is 4.39 Å². The van der Waals surface area contributed by atoms with E-state index in [1.54, 1.807) is 24.1 Å². The number of hydrogen-bond donors (Lipinski definition) is 0. The van der Waals surface area contributed by atoms with Crippen molar-refractivity contribution in [3.63, 3.8) is 0 Å². The Morgan fingerprint density at radius 3 is 2.43 bits per heavy atom. The van der Waals surface area contributed by atoms with Gasteiger partial charge in [-0.25, -0.2) is 4.39 Å². The van der Waals surface area contributed by atoms with Crippen LogP contribution in [0, 0.1) is 5.82 Å². The van der Waals surface area contributed by atoms with Crippen molar-refractivity contribution in [2.24, 2.45) is 0 Å². The van der Waals surface area contributed by atoms with Gasteiger partial charge in [-0.3, -0.25) is 4.79 Å². The van der Waals surface area contributed by atoms with Gasteiger partial charge in [0, 0.05) is 13.6 Å². The topological polar surface area (TPSA) is 38.8 Å². The maximum atomic E-state index is 12.9. The van der Waals surface area contributed by atoms with E-state index in [0.717, 1.165) is 11.1 Å². The molecule has 0 unspecified atom stereocenters. The van der Waals surface area contributed by atoms with Crippen molar-refractivity contribution in [3.8, 4) is 11.5 Å². The molecule has 0 spiro atoms. The van der Waals surface area contributed by atoms with Gasteiger partial charge in [0.05, 0.1) is 6.42 Å². The Morgan fingerprint density at radius 2 is 1.70 bits per heavy atom. The third-order valence-electron chi connectivity index (χ3n) is 3.72. The average molecular weight is 315 g/mol. The fourth-order valence-corrected chi connectivity index (χ4v) is 2.46. The van der Waals surface area contributed by atoms with Crippen LogP contribution in [0.1, 0.15) is 11.1 Å². The minimum Gasteiger partial charge on any atom is -0.486 e. The molecule has 0 fully saturated rings. The first kappa shape index (κ1) is 15.3. The molecule has 0 radical (unpaired) electrons. The lowest BCUT2D eigenvalue weighted by molar-refractivity contribution is -0.129. The lowest BCUT2D eigenvalue weighted by atomic mass is 10.1. The number of fused-ring (bicyclic) bond motifs is 1. The van der Waals surface area contributed by atoms with Gasteiger partial charge in [-0.05, 0) is 35.4 Å². The van der Waals surface area contributed by atoms with Gasteiger partial charge in [0.1, 0.15) is 19.0 Å².